The summed E-state index contributed by atoms with van der Waals surface area (Å²) >= 11 is 13.4. The van der Waals surface area contributed by atoms with Crippen molar-refractivity contribution in [2.24, 2.45) is 0 Å². The van der Waals surface area contributed by atoms with Gasteiger partial charge in [-0.2, -0.15) is 0 Å². The number of amides is 1. The molecule has 3 saturated heterocycles. The van der Waals surface area contributed by atoms with E-state index in [1.807, 2.05) is 31.2 Å². The van der Waals surface area contributed by atoms with Gasteiger partial charge in [0.1, 0.15) is 0 Å². The zero-order valence-corrected chi connectivity index (χ0v) is 32.1. The number of benzene rings is 2. The number of carbonyl (C=O) groups excluding carboxylic acids is 1. The van der Waals surface area contributed by atoms with Crippen LogP contribution in [0.1, 0.15) is 74.5 Å². The molecule has 2 bridgehead atoms. The van der Waals surface area contributed by atoms with Gasteiger partial charge in [0.05, 0.1) is 42.4 Å². The molecule has 0 aliphatic carbocycles. The highest BCUT2D eigenvalue weighted by Gasteiger charge is 2.51. The summed E-state index contributed by atoms with van der Waals surface area (Å²) in [6.07, 6.45) is 6.37. The van der Waals surface area contributed by atoms with Crippen molar-refractivity contribution in [3.05, 3.63) is 91.7 Å². The molecule has 3 fully saturated rings. The van der Waals surface area contributed by atoms with Crippen LogP contribution in [0.25, 0.3) is 0 Å². The Labute approximate surface area is 321 Å². The fourth-order valence-corrected chi connectivity index (χ4v) is 9.59. The number of carboxylic acids is 2. The van der Waals surface area contributed by atoms with E-state index >= 15 is 0 Å². The molecule has 2 aromatic carbocycles. The van der Waals surface area contributed by atoms with E-state index in [1.165, 1.54) is 19.3 Å². The lowest BCUT2D eigenvalue weighted by molar-refractivity contribution is -0.136. The second kappa shape index (κ2) is 17.3. The molecule has 53 heavy (non-hydrogen) atoms. The number of piperazine rings is 1. The van der Waals surface area contributed by atoms with Crippen molar-refractivity contribution in [1.82, 2.24) is 25.3 Å². The lowest BCUT2D eigenvalue weighted by Gasteiger charge is -2.52. The van der Waals surface area contributed by atoms with Gasteiger partial charge in [0, 0.05) is 65.8 Å². The minimum atomic E-state index is -1.35. The van der Waals surface area contributed by atoms with Crippen LogP contribution in [0.3, 0.4) is 0 Å². The van der Waals surface area contributed by atoms with Crippen molar-refractivity contribution in [1.29, 1.82) is 0 Å². The average Bonchev–Trinajstić information content (AvgIpc) is 3.29. The molecule has 11 nitrogen and oxygen atoms in total. The lowest BCUT2D eigenvalue weighted by Crippen LogP contribution is -2.64. The minimum Gasteiger partial charge on any atom is -0.478 e. The molecule has 3 unspecified atom stereocenters. The lowest BCUT2D eigenvalue weighted by atomic mass is 9.78. The maximum atomic E-state index is 14.1. The number of carboxylic acid groups (broad SMARTS) is 2. The first-order valence-electron chi connectivity index (χ1n) is 18.8. The molecule has 0 spiro atoms. The summed E-state index contributed by atoms with van der Waals surface area (Å²) in [5, 5.41) is 28.1. The molecule has 0 aromatic heterocycles. The SMILES string of the molecule is CCNCCOCc1ccccc1CCC1=C(C(=O)O)C(c2c(Cl)cccc2Cl)C(C(=O)O)=C(CC(=O)N2CCN(C34CCCC(CC3)N4C)CC2)N1. The third-order valence-electron chi connectivity index (χ3n) is 11.7. The van der Waals surface area contributed by atoms with Crippen LogP contribution in [-0.2, 0) is 32.1 Å². The fourth-order valence-electron chi connectivity index (χ4n) is 8.97. The highest BCUT2D eigenvalue weighted by Crippen LogP contribution is 2.47. The first kappa shape index (κ1) is 39.2. The first-order chi connectivity index (χ1) is 25.6. The number of ether oxygens (including phenoxy) is 1. The number of aryl methyl sites for hydroxylation is 1. The number of hydrogen-bond donors (Lipinski definition) is 4. The summed E-state index contributed by atoms with van der Waals surface area (Å²) in [7, 11) is 2.24. The van der Waals surface area contributed by atoms with E-state index in [4.69, 9.17) is 27.9 Å². The Morgan fingerprint density at radius 2 is 1.58 bits per heavy atom. The van der Waals surface area contributed by atoms with Gasteiger partial charge in [0.2, 0.25) is 5.91 Å². The second-order valence-corrected chi connectivity index (χ2v) is 15.3. The highest BCUT2D eigenvalue weighted by atomic mass is 35.5. The third kappa shape index (κ3) is 8.30. The van der Waals surface area contributed by atoms with E-state index in [1.54, 1.807) is 23.1 Å². The van der Waals surface area contributed by atoms with Gasteiger partial charge in [-0.1, -0.05) is 60.5 Å². The topological polar surface area (TPSA) is 135 Å². The van der Waals surface area contributed by atoms with E-state index in [0.717, 1.165) is 50.1 Å². The number of likely N-dealkylation sites (N-methyl/N-ethyl adjacent to an activating group) is 1. The Bertz CT molecular complexity index is 1730. The predicted molar refractivity (Wildman–Crippen MR) is 205 cm³/mol. The van der Waals surface area contributed by atoms with Crippen LogP contribution >= 0.6 is 23.2 Å². The Balaban J connectivity index is 1.27. The molecule has 6 rings (SSSR count). The summed E-state index contributed by atoms with van der Waals surface area (Å²) in [6, 6.07) is 13.2. The molecule has 4 heterocycles. The number of nitrogens with one attached hydrogen (secondary N) is 2. The number of fused-ring (bicyclic) bond motifs is 2. The largest absolute Gasteiger partial charge is 0.478 e. The second-order valence-electron chi connectivity index (χ2n) is 14.5. The van der Waals surface area contributed by atoms with Crippen LogP contribution in [0.15, 0.2) is 65.0 Å². The Kier molecular flexibility index (Phi) is 12.8. The molecule has 13 heteroatoms. The van der Waals surface area contributed by atoms with E-state index in [-0.39, 0.29) is 56.9 Å². The number of nitrogens with zero attached hydrogens (tertiary/aromatic N) is 3. The van der Waals surface area contributed by atoms with Crippen LogP contribution in [-0.4, -0.2) is 107 Å². The number of rotatable bonds is 15. The van der Waals surface area contributed by atoms with Crippen molar-refractivity contribution in [2.75, 3.05) is 52.9 Å². The molecule has 4 N–H and O–H groups in total. The Morgan fingerprint density at radius 1 is 0.906 bits per heavy atom. The summed E-state index contributed by atoms with van der Waals surface area (Å²) in [6.45, 7) is 7.12. The average molecular weight is 769 g/mol. The van der Waals surface area contributed by atoms with E-state index in [9.17, 15) is 24.6 Å². The van der Waals surface area contributed by atoms with Gasteiger partial charge in [-0.25, -0.2) is 9.59 Å². The monoisotopic (exact) mass is 767 g/mol. The number of dihydropyridines is 1. The summed E-state index contributed by atoms with van der Waals surface area (Å²) < 4.78 is 5.90. The summed E-state index contributed by atoms with van der Waals surface area (Å²) in [4.78, 5) is 47.3. The van der Waals surface area contributed by atoms with E-state index in [0.29, 0.717) is 44.5 Å². The molecule has 286 valence electrons. The third-order valence-corrected chi connectivity index (χ3v) is 12.4. The predicted octanol–water partition coefficient (Wildman–Crippen LogP) is 5.63. The fraction of sp³-hybridized carbons (Fsp3) is 0.525. The smallest absolute Gasteiger partial charge is 0.334 e. The van der Waals surface area contributed by atoms with Crippen molar-refractivity contribution >= 4 is 41.0 Å². The maximum Gasteiger partial charge on any atom is 0.334 e. The van der Waals surface area contributed by atoms with Gasteiger partial charge in [0.15, 0.2) is 0 Å². The van der Waals surface area contributed by atoms with Gasteiger partial charge in [-0.3, -0.25) is 14.6 Å². The summed E-state index contributed by atoms with van der Waals surface area (Å²) in [5.41, 5.74) is 2.24. The molecule has 0 saturated carbocycles. The zero-order chi connectivity index (χ0) is 37.7. The molecule has 3 atom stereocenters. The maximum absolute atomic E-state index is 14.1. The van der Waals surface area contributed by atoms with E-state index < -0.39 is 17.9 Å². The zero-order valence-electron chi connectivity index (χ0n) is 30.6. The van der Waals surface area contributed by atoms with Crippen molar-refractivity contribution < 1.29 is 29.3 Å². The number of aliphatic carboxylic acids is 2. The van der Waals surface area contributed by atoms with Gasteiger partial charge in [0.25, 0.3) is 0 Å². The Hall–Kier alpha value is -3.45. The number of piperidine rings is 1. The molecule has 4 aliphatic heterocycles. The molecular formula is C40H51Cl2N5O6. The Morgan fingerprint density at radius 3 is 2.26 bits per heavy atom. The van der Waals surface area contributed by atoms with Crippen molar-refractivity contribution in [2.45, 2.75) is 82.5 Å². The molecular weight excluding hydrogens is 717 g/mol. The molecule has 0 radical (unpaired) electrons. The number of hydrogen-bond acceptors (Lipinski definition) is 8. The molecule has 4 aliphatic rings. The van der Waals surface area contributed by atoms with Gasteiger partial charge < -0.3 is 30.5 Å². The van der Waals surface area contributed by atoms with Crippen LogP contribution < -0.4 is 10.6 Å². The van der Waals surface area contributed by atoms with Gasteiger partial charge in [-0.05, 0) is 81.8 Å². The minimum absolute atomic E-state index is 0.0490. The summed E-state index contributed by atoms with van der Waals surface area (Å²) in [5.74, 6) is -4.18. The van der Waals surface area contributed by atoms with Crippen molar-refractivity contribution in [3.63, 3.8) is 0 Å². The van der Waals surface area contributed by atoms with Crippen molar-refractivity contribution in [3.8, 4) is 0 Å². The van der Waals surface area contributed by atoms with E-state index in [2.05, 4.69) is 27.5 Å². The number of allylic oxidation sites excluding steroid dienone is 1. The van der Waals surface area contributed by atoms with Gasteiger partial charge in [-0.15, -0.1) is 0 Å². The van der Waals surface area contributed by atoms with Crippen LogP contribution in [0.5, 0.6) is 0 Å². The standard InChI is InChI=1S/C40H51Cl2N5O6/c1-3-43-18-23-53-25-27-9-5-4-8-26(27)13-14-31-35(38(49)50)37(34-29(41)11-6-12-30(34)42)36(39(51)52)32(44-31)24-33(48)46-19-21-47(22-20-46)40-16-7-10-28(15-17-40)45(40)2/h4-6,8-9,11-12,28,37,43-44H,3,7,10,13-25H2,1-2H3,(H,49,50)(H,51,52). The van der Waals surface area contributed by atoms with Crippen LogP contribution in [0.4, 0.5) is 0 Å². The normalized spacial score (nSPS) is 23.7. The van der Waals surface area contributed by atoms with Crippen LogP contribution in [0.2, 0.25) is 10.0 Å². The molecule has 2 aromatic rings. The highest BCUT2D eigenvalue weighted by molar-refractivity contribution is 6.36. The number of carbonyl (C=O) groups is 3. The molecule has 1 amide bonds. The van der Waals surface area contributed by atoms with Crippen LogP contribution in [0, 0.1) is 0 Å². The quantitative estimate of drug-likeness (QED) is 0.169. The first-order valence-corrected chi connectivity index (χ1v) is 19.6. The van der Waals surface area contributed by atoms with Gasteiger partial charge >= 0.3 is 11.9 Å². The number of halogens is 2.